The van der Waals surface area contributed by atoms with Crippen molar-refractivity contribution in [3.8, 4) is 0 Å². The summed E-state index contributed by atoms with van der Waals surface area (Å²) in [6.45, 7) is 2.79. The Morgan fingerprint density at radius 1 is 1.33 bits per heavy atom. The first-order chi connectivity index (χ1) is 8.63. The quantitative estimate of drug-likeness (QED) is 0.875. The fourth-order valence-electron chi connectivity index (χ4n) is 1.80. The highest BCUT2D eigenvalue weighted by molar-refractivity contribution is 5.17. The molecule has 1 aromatic carbocycles. The molecule has 0 bridgehead atoms. The summed E-state index contributed by atoms with van der Waals surface area (Å²) < 4.78 is 14.4. The largest absolute Gasteiger partial charge is 0.308 e. The van der Waals surface area contributed by atoms with Crippen LogP contribution in [0.15, 0.2) is 30.5 Å². The van der Waals surface area contributed by atoms with Gasteiger partial charge in [0.15, 0.2) is 0 Å². The maximum atomic E-state index is 12.8. The first kappa shape index (κ1) is 12.7. The Balaban J connectivity index is 1.81. The van der Waals surface area contributed by atoms with Crippen molar-refractivity contribution in [2.24, 2.45) is 7.05 Å². The molecule has 2 aromatic rings. The van der Waals surface area contributed by atoms with Crippen LogP contribution in [0.25, 0.3) is 0 Å². The molecule has 1 N–H and O–H groups in total. The second-order valence-electron chi connectivity index (χ2n) is 4.50. The van der Waals surface area contributed by atoms with Gasteiger partial charge in [0.1, 0.15) is 5.82 Å². The Bertz CT molecular complexity index is 492. The van der Waals surface area contributed by atoms with Crippen LogP contribution in [0.5, 0.6) is 0 Å². The normalized spacial score (nSPS) is 12.6. The number of aryl methyl sites for hydroxylation is 1. The van der Waals surface area contributed by atoms with Crippen LogP contribution in [0, 0.1) is 5.82 Å². The number of nitrogens with zero attached hydrogens (tertiary/aromatic N) is 3. The van der Waals surface area contributed by atoms with Gasteiger partial charge >= 0.3 is 0 Å². The van der Waals surface area contributed by atoms with Gasteiger partial charge in [0, 0.05) is 25.8 Å². The van der Waals surface area contributed by atoms with Crippen LogP contribution < -0.4 is 5.32 Å². The molecule has 0 saturated heterocycles. The van der Waals surface area contributed by atoms with Crippen molar-refractivity contribution in [3.05, 3.63) is 47.5 Å². The maximum Gasteiger partial charge on any atom is 0.123 e. The topological polar surface area (TPSA) is 42.7 Å². The Labute approximate surface area is 106 Å². The lowest BCUT2D eigenvalue weighted by atomic mass is 10.1. The van der Waals surface area contributed by atoms with E-state index in [0.29, 0.717) is 12.6 Å². The van der Waals surface area contributed by atoms with Crippen molar-refractivity contribution < 1.29 is 4.39 Å². The molecular weight excluding hydrogens is 231 g/mol. The molecule has 0 fully saturated rings. The van der Waals surface area contributed by atoms with Crippen LogP contribution in [0.1, 0.15) is 18.2 Å². The average Bonchev–Trinajstić information content (AvgIpc) is 2.76. The number of nitrogens with one attached hydrogen (secondary N) is 1. The Morgan fingerprint density at radius 2 is 2.06 bits per heavy atom. The highest BCUT2D eigenvalue weighted by Crippen LogP contribution is 2.06. The lowest BCUT2D eigenvalue weighted by Crippen LogP contribution is -2.27. The minimum Gasteiger partial charge on any atom is -0.308 e. The standard InChI is InChI=1S/C13H17FN4/c1-10(7-11-3-5-12(14)6-4-11)15-8-13-9-18(2)17-16-13/h3-6,9-10,15H,7-8H2,1-2H3. The van der Waals surface area contributed by atoms with Gasteiger partial charge in [-0.1, -0.05) is 17.3 Å². The van der Waals surface area contributed by atoms with Gasteiger partial charge < -0.3 is 5.32 Å². The molecule has 1 aromatic heterocycles. The predicted octanol–water partition coefficient (Wildman–Crippen LogP) is 1.68. The summed E-state index contributed by atoms with van der Waals surface area (Å²) in [5, 5.41) is 11.2. The van der Waals surface area contributed by atoms with E-state index in [4.69, 9.17) is 0 Å². The third-order valence-corrected chi connectivity index (χ3v) is 2.74. The molecule has 0 aliphatic heterocycles. The van der Waals surface area contributed by atoms with Crippen LogP contribution in [0.2, 0.25) is 0 Å². The molecule has 0 saturated carbocycles. The number of hydrogen-bond donors (Lipinski definition) is 1. The molecule has 1 atom stereocenters. The van der Waals surface area contributed by atoms with Gasteiger partial charge in [0.2, 0.25) is 0 Å². The van der Waals surface area contributed by atoms with Crippen LogP contribution in [0.3, 0.4) is 0 Å². The summed E-state index contributed by atoms with van der Waals surface area (Å²) in [4.78, 5) is 0. The first-order valence-corrected chi connectivity index (χ1v) is 5.96. The second-order valence-corrected chi connectivity index (χ2v) is 4.50. The molecule has 0 aliphatic carbocycles. The fourth-order valence-corrected chi connectivity index (χ4v) is 1.80. The highest BCUT2D eigenvalue weighted by atomic mass is 19.1. The molecule has 0 amide bonds. The Kier molecular flexibility index (Phi) is 4.04. The minimum absolute atomic E-state index is 0.195. The average molecular weight is 248 g/mol. The van der Waals surface area contributed by atoms with Crippen molar-refractivity contribution in [3.63, 3.8) is 0 Å². The second kappa shape index (κ2) is 5.73. The molecule has 5 heteroatoms. The van der Waals surface area contributed by atoms with Crippen molar-refractivity contribution in [2.75, 3.05) is 0 Å². The van der Waals surface area contributed by atoms with E-state index in [9.17, 15) is 4.39 Å². The maximum absolute atomic E-state index is 12.8. The van der Waals surface area contributed by atoms with E-state index in [-0.39, 0.29) is 5.82 Å². The fraction of sp³-hybridized carbons (Fsp3) is 0.385. The van der Waals surface area contributed by atoms with Gasteiger partial charge in [-0.3, -0.25) is 4.68 Å². The van der Waals surface area contributed by atoms with Crippen molar-refractivity contribution >= 4 is 0 Å². The van der Waals surface area contributed by atoms with Crippen LogP contribution in [-0.4, -0.2) is 21.0 Å². The first-order valence-electron chi connectivity index (χ1n) is 5.96. The highest BCUT2D eigenvalue weighted by Gasteiger charge is 2.05. The number of aromatic nitrogens is 3. The van der Waals surface area contributed by atoms with E-state index in [0.717, 1.165) is 17.7 Å². The molecule has 0 aliphatic rings. The summed E-state index contributed by atoms with van der Waals surface area (Å²) in [6.07, 6.45) is 2.75. The minimum atomic E-state index is -0.195. The molecule has 0 spiro atoms. The summed E-state index contributed by atoms with van der Waals surface area (Å²) in [6, 6.07) is 6.92. The van der Waals surface area contributed by atoms with E-state index >= 15 is 0 Å². The number of halogens is 1. The van der Waals surface area contributed by atoms with Crippen molar-refractivity contribution in [1.29, 1.82) is 0 Å². The van der Waals surface area contributed by atoms with Crippen molar-refractivity contribution in [1.82, 2.24) is 20.3 Å². The lowest BCUT2D eigenvalue weighted by molar-refractivity contribution is 0.538. The lowest BCUT2D eigenvalue weighted by Gasteiger charge is -2.12. The number of benzene rings is 1. The molecule has 1 unspecified atom stereocenters. The van der Waals surface area contributed by atoms with Crippen LogP contribution in [0.4, 0.5) is 4.39 Å². The molecule has 2 rings (SSSR count). The zero-order chi connectivity index (χ0) is 13.0. The number of rotatable bonds is 5. The third kappa shape index (κ3) is 3.63. The summed E-state index contributed by atoms with van der Waals surface area (Å²) >= 11 is 0. The van der Waals surface area contributed by atoms with Crippen LogP contribution in [-0.2, 0) is 20.0 Å². The number of hydrogen-bond acceptors (Lipinski definition) is 3. The monoisotopic (exact) mass is 248 g/mol. The van der Waals surface area contributed by atoms with E-state index in [2.05, 4.69) is 22.6 Å². The van der Waals surface area contributed by atoms with Gasteiger partial charge in [-0.25, -0.2) is 4.39 Å². The van der Waals surface area contributed by atoms with Gasteiger partial charge in [-0.15, -0.1) is 5.10 Å². The zero-order valence-corrected chi connectivity index (χ0v) is 10.6. The molecular formula is C13H17FN4. The summed E-state index contributed by atoms with van der Waals surface area (Å²) in [7, 11) is 1.85. The van der Waals surface area contributed by atoms with Gasteiger partial charge in [0.05, 0.1) is 5.69 Å². The van der Waals surface area contributed by atoms with Gasteiger partial charge in [-0.2, -0.15) is 0 Å². The van der Waals surface area contributed by atoms with E-state index in [1.54, 1.807) is 4.68 Å². The SMILES string of the molecule is CC(Cc1ccc(F)cc1)NCc1cn(C)nn1. The molecule has 96 valence electrons. The Hall–Kier alpha value is -1.75. The summed E-state index contributed by atoms with van der Waals surface area (Å²) in [5.74, 6) is -0.195. The zero-order valence-electron chi connectivity index (χ0n) is 10.6. The van der Waals surface area contributed by atoms with Gasteiger partial charge in [-0.05, 0) is 31.0 Å². The van der Waals surface area contributed by atoms with Crippen molar-refractivity contribution in [2.45, 2.75) is 25.9 Å². The van der Waals surface area contributed by atoms with Crippen LogP contribution >= 0.6 is 0 Å². The molecule has 4 nitrogen and oxygen atoms in total. The molecule has 0 radical (unpaired) electrons. The Morgan fingerprint density at radius 3 is 2.67 bits per heavy atom. The van der Waals surface area contributed by atoms with Gasteiger partial charge in [0.25, 0.3) is 0 Å². The molecule has 18 heavy (non-hydrogen) atoms. The summed E-state index contributed by atoms with van der Waals surface area (Å²) in [5.41, 5.74) is 2.04. The molecule has 1 heterocycles. The van der Waals surface area contributed by atoms with E-state index < -0.39 is 0 Å². The van der Waals surface area contributed by atoms with E-state index in [1.807, 2.05) is 25.4 Å². The predicted molar refractivity (Wildman–Crippen MR) is 67.4 cm³/mol. The third-order valence-electron chi connectivity index (χ3n) is 2.74. The van der Waals surface area contributed by atoms with E-state index in [1.165, 1.54) is 12.1 Å². The smallest absolute Gasteiger partial charge is 0.123 e.